The standard InChI is InChI=1S/C23H20N2O4/c1-15-12-21(26)24-19-8-4-5-9-20(19)25(15)22(27)14-29-23(28)18-11-10-16-6-2-3-7-17(16)13-18/h2-11,13,15H,12,14H2,1H3,(H,24,26). The molecule has 0 saturated carbocycles. The molecule has 4 rings (SSSR count). The van der Waals surface area contributed by atoms with Crippen LogP contribution in [-0.4, -0.2) is 30.4 Å². The third-order valence-corrected chi connectivity index (χ3v) is 4.94. The lowest BCUT2D eigenvalue weighted by Crippen LogP contribution is -2.41. The third kappa shape index (κ3) is 3.82. The maximum atomic E-state index is 12.9. The van der Waals surface area contributed by atoms with E-state index in [4.69, 9.17) is 4.74 Å². The van der Waals surface area contributed by atoms with E-state index in [2.05, 4.69) is 5.32 Å². The average Bonchev–Trinajstić information content (AvgIpc) is 2.85. The Labute approximate surface area is 168 Å². The highest BCUT2D eigenvalue weighted by Gasteiger charge is 2.30. The van der Waals surface area contributed by atoms with Crippen molar-refractivity contribution in [1.29, 1.82) is 0 Å². The zero-order valence-electron chi connectivity index (χ0n) is 15.9. The van der Waals surface area contributed by atoms with Gasteiger partial charge in [-0.1, -0.05) is 42.5 Å². The number of carbonyl (C=O) groups is 3. The van der Waals surface area contributed by atoms with Crippen LogP contribution in [0.5, 0.6) is 0 Å². The summed E-state index contributed by atoms with van der Waals surface area (Å²) in [7, 11) is 0. The van der Waals surface area contributed by atoms with Crippen molar-refractivity contribution < 1.29 is 19.1 Å². The Morgan fingerprint density at radius 1 is 1.03 bits per heavy atom. The Morgan fingerprint density at radius 2 is 1.76 bits per heavy atom. The first kappa shape index (κ1) is 18.7. The Hall–Kier alpha value is -3.67. The van der Waals surface area contributed by atoms with Crippen LogP contribution in [0.3, 0.4) is 0 Å². The maximum absolute atomic E-state index is 12.9. The Balaban J connectivity index is 1.51. The zero-order chi connectivity index (χ0) is 20.4. The third-order valence-electron chi connectivity index (χ3n) is 4.94. The van der Waals surface area contributed by atoms with Crippen LogP contribution in [0.4, 0.5) is 11.4 Å². The van der Waals surface area contributed by atoms with Gasteiger partial charge in [-0.05, 0) is 42.0 Å². The number of hydrogen-bond acceptors (Lipinski definition) is 4. The molecule has 3 aromatic carbocycles. The van der Waals surface area contributed by atoms with Crippen LogP contribution in [0.15, 0.2) is 66.7 Å². The molecule has 1 unspecified atom stereocenters. The molecule has 0 radical (unpaired) electrons. The van der Waals surface area contributed by atoms with Crippen molar-refractivity contribution in [1.82, 2.24) is 0 Å². The topological polar surface area (TPSA) is 75.7 Å². The van der Waals surface area contributed by atoms with Gasteiger partial charge in [0.15, 0.2) is 6.61 Å². The van der Waals surface area contributed by atoms with Crippen LogP contribution >= 0.6 is 0 Å². The van der Waals surface area contributed by atoms with E-state index in [1.54, 1.807) is 43.3 Å². The molecular weight excluding hydrogens is 368 g/mol. The minimum atomic E-state index is -0.561. The maximum Gasteiger partial charge on any atom is 0.338 e. The van der Waals surface area contributed by atoms with Crippen molar-refractivity contribution in [2.24, 2.45) is 0 Å². The second-order valence-corrected chi connectivity index (χ2v) is 7.02. The summed E-state index contributed by atoms with van der Waals surface area (Å²) < 4.78 is 5.29. The van der Waals surface area contributed by atoms with Gasteiger partial charge in [-0.25, -0.2) is 4.79 Å². The summed E-state index contributed by atoms with van der Waals surface area (Å²) in [5.74, 6) is -1.10. The number of carbonyl (C=O) groups excluding carboxylic acids is 3. The van der Waals surface area contributed by atoms with Gasteiger partial charge < -0.3 is 15.0 Å². The van der Waals surface area contributed by atoms with Gasteiger partial charge in [0.2, 0.25) is 5.91 Å². The average molecular weight is 388 g/mol. The molecule has 2 amide bonds. The highest BCUT2D eigenvalue weighted by atomic mass is 16.5. The number of fused-ring (bicyclic) bond motifs is 2. The lowest BCUT2D eigenvalue weighted by atomic mass is 10.1. The van der Waals surface area contributed by atoms with Crippen molar-refractivity contribution in [3.8, 4) is 0 Å². The summed E-state index contributed by atoms with van der Waals surface area (Å²) in [6.45, 7) is 1.39. The summed E-state index contributed by atoms with van der Waals surface area (Å²) in [6, 6.07) is 19.7. The van der Waals surface area contributed by atoms with E-state index in [0.717, 1.165) is 10.8 Å². The highest BCUT2D eigenvalue weighted by molar-refractivity contribution is 6.05. The first-order chi connectivity index (χ1) is 14.0. The van der Waals surface area contributed by atoms with E-state index in [-0.39, 0.29) is 24.3 Å². The van der Waals surface area contributed by atoms with E-state index < -0.39 is 12.6 Å². The number of hydrogen-bond donors (Lipinski definition) is 1. The van der Waals surface area contributed by atoms with E-state index in [0.29, 0.717) is 16.9 Å². The molecule has 0 fully saturated rings. The quantitative estimate of drug-likeness (QED) is 0.693. The van der Waals surface area contributed by atoms with E-state index in [1.807, 2.05) is 30.3 Å². The molecule has 1 aliphatic rings. The normalized spacial score (nSPS) is 16.0. The lowest BCUT2D eigenvalue weighted by molar-refractivity contribution is -0.122. The van der Waals surface area contributed by atoms with E-state index in [1.165, 1.54) is 4.90 Å². The molecule has 0 saturated heterocycles. The molecule has 1 atom stereocenters. The second kappa shape index (κ2) is 7.75. The first-order valence-corrected chi connectivity index (χ1v) is 9.40. The molecule has 29 heavy (non-hydrogen) atoms. The Bertz CT molecular complexity index is 1110. The molecule has 0 bridgehead atoms. The monoisotopic (exact) mass is 388 g/mol. The van der Waals surface area contributed by atoms with Gasteiger partial charge in [-0.2, -0.15) is 0 Å². The summed E-state index contributed by atoms with van der Waals surface area (Å²) in [5.41, 5.74) is 1.55. The van der Waals surface area contributed by atoms with Gasteiger partial charge in [0, 0.05) is 12.5 Å². The predicted octanol–water partition coefficient (Wildman–Crippen LogP) is 3.76. The number of benzene rings is 3. The molecule has 0 aliphatic carbocycles. The molecule has 6 heteroatoms. The number of esters is 1. The smallest absolute Gasteiger partial charge is 0.338 e. The molecule has 6 nitrogen and oxygen atoms in total. The van der Waals surface area contributed by atoms with Crippen molar-refractivity contribution >= 4 is 39.9 Å². The number of nitrogens with zero attached hydrogens (tertiary/aromatic N) is 1. The van der Waals surface area contributed by atoms with Crippen molar-refractivity contribution in [2.75, 3.05) is 16.8 Å². The largest absolute Gasteiger partial charge is 0.452 e. The molecule has 146 valence electrons. The number of para-hydroxylation sites is 2. The van der Waals surface area contributed by atoms with Crippen LogP contribution in [0.2, 0.25) is 0 Å². The zero-order valence-corrected chi connectivity index (χ0v) is 15.9. The highest BCUT2D eigenvalue weighted by Crippen LogP contribution is 2.31. The fourth-order valence-electron chi connectivity index (χ4n) is 3.56. The molecule has 0 spiro atoms. The van der Waals surface area contributed by atoms with Crippen LogP contribution in [0.1, 0.15) is 23.7 Å². The van der Waals surface area contributed by atoms with Gasteiger partial charge in [0.05, 0.1) is 16.9 Å². The first-order valence-electron chi connectivity index (χ1n) is 9.40. The van der Waals surface area contributed by atoms with Crippen LogP contribution < -0.4 is 10.2 Å². The van der Waals surface area contributed by atoms with Gasteiger partial charge in [0.1, 0.15) is 0 Å². The SMILES string of the molecule is CC1CC(=O)Nc2ccccc2N1C(=O)COC(=O)c1ccc2ccccc2c1. The second-order valence-electron chi connectivity index (χ2n) is 7.02. The van der Waals surface area contributed by atoms with Gasteiger partial charge in [-0.15, -0.1) is 0 Å². The van der Waals surface area contributed by atoms with Crippen molar-refractivity contribution in [3.63, 3.8) is 0 Å². The number of ether oxygens (including phenoxy) is 1. The van der Waals surface area contributed by atoms with Crippen LogP contribution in [0.25, 0.3) is 10.8 Å². The van der Waals surface area contributed by atoms with Crippen LogP contribution in [0, 0.1) is 0 Å². The summed E-state index contributed by atoms with van der Waals surface area (Å²) in [4.78, 5) is 38.9. The number of rotatable bonds is 3. The Kier molecular flexibility index (Phi) is 4.99. The van der Waals surface area contributed by atoms with Gasteiger partial charge >= 0.3 is 5.97 Å². The molecule has 1 heterocycles. The van der Waals surface area contributed by atoms with Crippen molar-refractivity contribution in [3.05, 3.63) is 72.3 Å². The summed E-state index contributed by atoms with van der Waals surface area (Å²) >= 11 is 0. The molecule has 3 aromatic rings. The Morgan fingerprint density at radius 3 is 2.59 bits per heavy atom. The van der Waals surface area contributed by atoms with E-state index >= 15 is 0 Å². The molecule has 1 N–H and O–H groups in total. The summed E-state index contributed by atoms with van der Waals surface area (Å²) in [6.07, 6.45) is 0.166. The fraction of sp³-hybridized carbons (Fsp3) is 0.174. The minimum Gasteiger partial charge on any atom is -0.452 e. The van der Waals surface area contributed by atoms with Gasteiger partial charge in [0.25, 0.3) is 5.91 Å². The number of amides is 2. The van der Waals surface area contributed by atoms with E-state index in [9.17, 15) is 14.4 Å². The molecular formula is C23H20N2O4. The number of nitrogens with one attached hydrogen (secondary N) is 1. The lowest BCUT2D eigenvalue weighted by Gasteiger charge is -2.27. The van der Waals surface area contributed by atoms with Crippen LogP contribution in [-0.2, 0) is 14.3 Å². The number of anilines is 2. The molecule has 0 aromatic heterocycles. The minimum absolute atomic E-state index is 0.159. The van der Waals surface area contributed by atoms with Gasteiger partial charge in [-0.3, -0.25) is 9.59 Å². The fourth-order valence-corrected chi connectivity index (χ4v) is 3.56. The molecule has 1 aliphatic heterocycles. The predicted molar refractivity (Wildman–Crippen MR) is 111 cm³/mol. The van der Waals surface area contributed by atoms with Crippen molar-refractivity contribution in [2.45, 2.75) is 19.4 Å². The summed E-state index contributed by atoms with van der Waals surface area (Å²) in [5, 5.41) is 4.75.